The minimum absolute atomic E-state index is 0.170. The average molecular weight is 318 g/mol. The molecule has 23 heavy (non-hydrogen) atoms. The first kappa shape index (κ1) is 17.1. The Kier molecular flexibility index (Phi) is 5.15. The molecule has 6 heteroatoms. The Morgan fingerprint density at radius 2 is 2.09 bits per heavy atom. The molecule has 2 rings (SSSR count). The molecule has 2 atom stereocenters. The number of nitrogens with one attached hydrogen (secondary N) is 1. The van der Waals surface area contributed by atoms with E-state index in [2.05, 4.69) is 10.4 Å². The predicted octanol–water partition coefficient (Wildman–Crippen LogP) is 2.35. The molecule has 0 bridgehead atoms. The lowest BCUT2D eigenvalue weighted by molar-refractivity contribution is -0.126. The van der Waals surface area contributed by atoms with Gasteiger partial charge in [0.15, 0.2) is 0 Å². The summed E-state index contributed by atoms with van der Waals surface area (Å²) in [5.74, 6) is -0.519. The van der Waals surface area contributed by atoms with Crippen molar-refractivity contribution in [2.75, 3.05) is 14.1 Å². The van der Waals surface area contributed by atoms with Gasteiger partial charge in [-0.15, -0.1) is 0 Å². The number of likely N-dealkylation sites (N-methyl/N-ethyl adjacent to an activating group) is 1. The van der Waals surface area contributed by atoms with Crippen molar-refractivity contribution >= 4 is 5.91 Å². The van der Waals surface area contributed by atoms with Crippen molar-refractivity contribution in [1.82, 2.24) is 20.0 Å². The third kappa shape index (κ3) is 3.76. The van der Waals surface area contributed by atoms with Crippen LogP contribution in [-0.2, 0) is 11.8 Å². The lowest BCUT2D eigenvalue weighted by atomic mass is 10.0. The van der Waals surface area contributed by atoms with Gasteiger partial charge in [0.2, 0.25) is 5.91 Å². The summed E-state index contributed by atoms with van der Waals surface area (Å²) >= 11 is 0. The first-order chi connectivity index (χ1) is 10.8. The van der Waals surface area contributed by atoms with Crippen molar-refractivity contribution in [3.63, 3.8) is 0 Å². The maximum absolute atomic E-state index is 13.5. The number of halogens is 1. The first-order valence-electron chi connectivity index (χ1n) is 7.52. The van der Waals surface area contributed by atoms with Gasteiger partial charge in [0, 0.05) is 18.3 Å². The molecular weight excluding hydrogens is 295 g/mol. The quantitative estimate of drug-likeness (QED) is 0.920. The Hall–Kier alpha value is -2.21. The Bertz CT molecular complexity index is 696. The molecule has 0 fully saturated rings. The van der Waals surface area contributed by atoms with Crippen molar-refractivity contribution in [1.29, 1.82) is 0 Å². The van der Waals surface area contributed by atoms with Crippen LogP contribution in [0.25, 0.3) is 0 Å². The topological polar surface area (TPSA) is 50.2 Å². The summed E-state index contributed by atoms with van der Waals surface area (Å²) in [5, 5.41) is 7.19. The fraction of sp³-hybridized carbons (Fsp3) is 0.412. The van der Waals surface area contributed by atoms with Crippen LogP contribution in [0.3, 0.4) is 0 Å². The number of hydrogen-bond acceptors (Lipinski definition) is 3. The van der Waals surface area contributed by atoms with E-state index in [1.54, 1.807) is 42.0 Å². The van der Waals surface area contributed by atoms with Crippen molar-refractivity contribution in [3.05, 3.63) is 53.1 Å². The second-order valence-corrected chi connectivity index (χ2v) is 5.96. The van der Waals surface area contributed by atoms with Gasteiger partial charge in [-0.2, -0.15) is 5.10 Å². The molecule has 1 amide bonds. The number of rotatable bonds is 5. The third-order valence-corrected chi connectivity index (χ3v) is 4.03. The highest BCUT2D eigenvalue weighted by atomic mass is 19.1. The SMILES string of the molecule is Cc1c(C(C)NC(=O)C(c2cccc(F)c2)N(C)C)cnn1C. The van der Waals surface area contributed by atoms with Gasteiger partial charge in [-0.3, -0.25) is 14.4 Å². The van der Waals surface area contributed by atoms with Gasteiger partial charge < -0.3 is 5.32 Å². The van der Waals surface area contributed by atoms with Gasteiger partial charge in [0.1, 0.15) is 11.9 Å². The zero-order valence-corrected chi connectivity index (χ0v) is 14.2. The predicted molar refractivity (Wildman–Crippen MR) is 87.3 cm³/mol. The minimum atomic E-state index is -0.551. The molecule has 0 radical (unpaired) electrons. The number of amides is 1. The summed E-state index contributed by atoms with van der Waals surface area (Å²) in [6.07, 6.45) is 1.76. The Morgan fingerprint density at radius 1 is 1.39 bits per heavy atom. The highest BCUT2D eigenvalue weighted by Crippen LogP contribution is 2.22. The van der Waals surface area contributed by atoms with E-state index >= 15 is 0 Å². The highest BCUT2D eigenvalue weighted by molar-refractivity contribution is 5.83. The van der Waals surface area contributed by atoms with E-state index in [0.29, 0.717) is 5.56 Å². The molecule has 1 N–H and O–H groups in total. The molecule has 0 saturated heterocycles. The number of aryl methyl sites for hydroxylation is 1. The van der Waals surface area contributed by atoms with E-state index in [1.165, 1.54) is 12.1 Å². The lowest BCUT2D eigenvalue weighted by Gasteiger charge is -2.26. The maximum Gasteiger partial charge on any atom is 0.242 e. The molecule has 0 aliphatic rings. The Balaban J connectivity index is 2.20. The molecule has 2 aromatic rings. The molecule has 1 heterocycles. The zero-order chi connectivity index (χ0) is 17.1. The van der Waals surface area contributed by atoms with Crippen molar-refractivity contribution < 1.29 is 9.18 Å². The monoisotopic (exact) mass is 318 g/mol. The third-order valence-electron chi connectivity index (χ3n) is 4.03. The van der Waals surface area contributed by atoms with E-state index < -0.39 is 6.04 Å². The second-order valence-electron chi connectivity index (χ2n) is 5.96. The number of benzene rings is 1. The summed E-state index contributed by atoms with van der Waals surface area (Å²) < 4.78 is 15.2. The largest absolute Gasteiger partial charge is 0.348 e. The lowest BCUT2D eigenvalue weighted by Crippen LogP contribution is -2.38. The smallest absolute Gasteiger partial charge is 0.242 e. The molecule has 0 saturated carbocycles. The van der Waals surface area contributed by atoms with Crippen LogP contribution in [0.5, 0.6) is 0 Å². The number of hydrogen-bond donors (Lipinski definition) is 1. The van der Waals surface area contributed by atoms with Gasteiger partial charge in [0.05, 0.1) is 12.2 Å². The van der Waals surface area contributed by atoms with Gasteiger partial charge >= 0.3 is 0 Å². The molecule has 2 unspecified atom stereocenters. The van der Waals surface area contributed by atoms with Gasteiger partial charge in [-0.25, -0.2) is 4.39 Å². The molecule has 1 aromatic heterocycles. The van der Waals surface area contributed by atoms with Crippen LogP contribution < -0.4 is 5.32 Å². The van der Waals surface area contributed by atoms with Crippen LogP contribution in [0.4, 0.5) is 4.39 Å². The molecule has 0 spiro atoms. The molecule has 0 aliphatic heterocycles. The molecular formula is C17H23FN4O. The van der Waals surface area contributed by atoms with E-state index in [1.807, 2.05) is 20.9 Å². The molecule has 1 aromatic carbocycles. The van der Waals surface area contributed by atoms with Crippen LogP contribution in [0, 0.1) is 12.7 Å². The fourth-order valence-corrected chi connectivity index (χ4v) is 2.67. The fourth-order valence-electron chi connectivity index (χ4n) is 2.67. The van der Waals surface area contributed by atoms with Gasteiger partial charge in [-0.1, -0.05) is 12.1 Å². The summed E-state index contributed by atoms with van der Waals surface area (Å²) in [6.45, 7) is 3.88. The summed E-state index contributed by atoms with van der Waals surface area (Å²) in [7, 11) is 5.47. The highest BCUT2D eigenvalue weighted by Gasteiger charge is 2.25. The number of aromatic nitrogens is 2. The van der Waals surface area contributed by atoms with Gasteiger partial charge in [0.25, 0.3) is 0 Å². The summed E-state index contributed by atoms with van der Waals surface area (Å²) in [5.41, 5.74) is 2.60. The van der Waals surface area contributed by atoms with Crippen LogP contribution in [0.2, 0.25) is 0 Å². The van der Waals surface area contributed by atoms with Crippen molar-refractivity contribution in [3.8, 4) is 0 Å². The van der Waals surface area contributed by atoms with Crippen molar-refractivity contribution in [2.24, 2.45) is 7.05 Å². The number of nitrogens with zero attached hydrogens (tertiary/aromatic N) is 3. The van der Waals surface area contributed by atoms with E-state index in [9.17, 15) is 9.18 Å². The average Bonchev–Trinajstić information content (AvgIpc) is 2.78. The van der Waals surface area contributed by atoms with E-state index in [4.69, 9.17) is 0 Å². The number of carbonyl (C=O) groups is 1. The second kappa shape index (κ2) is 6.91. The Morgan fingerprint density at radius 3 is 2.61 bits per heavy atom. The molecule has 5 nitrogen and oxygen atoms in total. The summed E-state index contributed by atoms with van der Waals surface area (Å²) in [4.78, 5) is 14.5. The summed E-state index contributed by atoms with van der Waals surface area (Å²) in [6, 6.07) is 5.41. The Labute approximate surface area is 136 Å². The first-order valence-corrected chi connectivity index (χ1v) is 7.52. The van der Waals surface area contributed by atoms with E-state index in [0.717, 1.165) is 11.3 Å². The standard InChI is InChI=1S/C17H23FN4O/c1-11(15-10-19-22(5)12(15)2)20-17(23)16(21(3)4)13-7-6-8-14(18)9-13/h6-11,16H,1-5H3,(H,20,23). The van der Waals surface area contributed by atoms with Gasteiger partial charge in [-0.05, 0) is 45.6 Å². The van der Waals surface area contributed by atoms with Crippen LogP contribution in [0.1, 0.15) is 35.8 Å². The van der Waals surface area contributed by atoms with Crippen LogP contribution in [-0.4, -0.2) is 34.7 Å². The zero-order valence-electron chi connectivity index (χ0n) is 14.2. The molecule has 0 aliphatic carbocycles. The number of carbonyl (C=O) groups excluding carboxylic acids is 1. The van der Waals surface area contributed by atoms with Crippen LogP contribution >= 0.6 is 0 Å². The maximum atomic E-state index is 13.5. The molecule has 124 valence electrons. The van der Waals surface area contributed by atoms with Crippen molar-refractivity contribution in [2.45, 2.75) is 25.9 Å². The minimum Gasteiger partial charge on any atom is -0.348 e. The normalized spacial score (nSPS) is 13.9. The van der Waals surface area contributed by atoms with E-state index in [-0.39, 0.29) is 17.8 Å². The van der Waals surface area contributed by atoms with Crippen LogP contribution in [0.15, 0.2) is 30.5 Å².